The molecule has 14 heteroatoms. The number of imide groups is 1. The van der Waals surface area contributed by atoms with Crippen LogP contribution < -0.4 is 25.6 Å². The standard InChI is InChI=1S/C43H45N11O3/c1-26-35(22-45-42-39(26)44-13-18-57-42)28-5-6-29-21-46-43(48-36(29)19-28)47-30-7-3-27(4-8-30)23-52-24-32(25-52)54-16-14-53(15-17-54)31-9-10-33-37(20-31)51(2)50-40(33)34-11-12-38(55)49-41(34)56/h3-10,19-22,32,34,44H,11-18,23-25H2,1-2H3,(H,46,47,48)(H,49,55,56). The summed E-state index contributed by atoms with van der Waals surface area (Å²) in [6.45, 7) is 10.5. The number of hydrogen-bond donors (Lipinski definition) is 3. The van der Waals surface area contributed by atoms with Gasteiger partial charge in [-0.2, -0.15) is 5.10 Å². The van der Waals surface area contributed by atoms with Crippen molar-refractivity contribution in [3.05, 3.63) is 89.9 Å². The van der Waals surface area contributed by atoms with Crippen LogP contribution in [0.15, 0.2) is 73.1 Å². The molecule has 290 valence electrons. The Labute approximate surface area is 330 Å². The highest BCUT2D eigenvalue weighted by atomic mass is 16.5. The summed E-state index contributed by atoms with van der Waals surface area (Å²) in [7, 11) is 1.92. The number of piperazine rings is 1. The van der Waals surface area contributed by atoms with Crippen LogP contribution >= 0.6 is 0 Å². The monoisotopic (exact) mass is 763 g/mol. The van der Waals surface area contributed by atoms with Gasteiger partial charge in [-0.15, -0.1) is 0 Å². The first-order chi connectivity index (χ1) is 27.8. The Hall–Kier alpha value is -6.12. The molecule has 0 spiro atoms. The first-order valence-electron chi connectivity index (χ1n) is 19.8. The second-order valence-electron chi connectivity index (χ2n) is 15.6. The summed E-state index contributed by atoms with van der Waals surface area (Å²) in [6, 6.07) is 21.8. The molecule has 14 nitrogen and oxygen atoms in total. The zero-order chi connectivity index (χ0) is 38.6. The molecule has 0 bridgehead atoms. The topological polar surface area (TPSA) is 146 Å². The third-order valence-corrected chi connectivity index (χ3v) is 12.0. The lowest BCUT2D eigenvalue weighted by atomic mass is 9.93. The molecule has 1 unspecified atom stereocenters. The minimum atomic E-state index is -0.394. The van der Waals surface area contributed by atoms with Crippen LogP contribution in [0.5, 0.6) is 5.88 Å². The van der Waals surface area contributed by atoms with E-state index in [1.165, 1.54) is 11.3 Å². The van der Waals surface area contributed by atoms with Crippen LogP contribution in [0.25, 0.3) is 32.9 Å². The maximum Gasteiger partial charge on any atom is 0.237 e. The van der Waals surface area contributed by atoms with E-state index in [1.807, 2.05) is 24.1 Å². The van der Waals surface area contributed by atoms with E-state index in [4.69, 9.17) is 14.8 Å². The highest BCUT2D eigenvalue weighted by Gasteiger charge is 2.34. The maximum atomic E-state index is 12.6. The normalized spacial score (nSPS) is 19.2. The molecule has 2 amide bonds. The predicted molar refractivity (Wildman–Crippen MR) is 220 cm³/mol. The van der Waals surface area contributed by atoms with Gasteiger partial charge in [0.2, 0.25) is 23.6 Å². The van der Waals surface area contributed by atoms with Gasteiger partial charge in [-0.25, -0.2) is 15.0 Å². The van der Waals surface area contributed by atoms with Crippen LogP contribution in [0.4, 0.5) is 23.0 Å². The van der Waals surface area contributed by atoms with E-state index >= 15 is 0 Å². The van der Waals surface area contributed by atoms with Crippen molar-refractivity contribution in [1.82, 2.24) is 39.8 Å². The molecule has 3 saturated heterocycles. The number of fused-ring (bicyclic) bond motifs is 3. The number of nitrogens with zero attached hydrogens (tertiary/aromatic N) is 8. The number of benzene rings is 3. The second kappa shape index (κ2) is 14.4. The van der Waals surface area contributed by atoms with E-state index < -0.39 is 5.92 Å². The summed E-state index contributed by atoms with van der Waals surface area (Å²) in [6.07, 6.45) is 4.58. The quantitative estimate of drug-likeness (QED) is 0.180. The van der Waals surface area contributed by atoms with Gasteiger partial charge >= 0.3 is 0 Å². The Morgan fingerprint density at radius 2 is 1.79 bits per heavy atom. The Morgan fingerprint density at radius 3 is 2.61 bits per heavy atom. The fourth-order valence-electron chi connectivity index (χ4n) is 8.77. The van der Waals surface area contributed by atoms with E-state index in [0.29, 0.717) is 37.3 Å². The zero-order valence-corrected chi connectivity index (χ0v) is 32.2. The number of rotatable bonds is 8. The number of aromatic nitrogens is 5. The summed E-state index contributed by atoms with van der Waals surface area (Å²) in [5.74, 6) is 0.367. The van der Waals surface area contributed by atoms with Crippen LogP contribution in [0.3, 0.4) is 0 Å². The van der Waals surface area contributed by atoms with Gasteiger partial charge in [-0.3, -0.25) is 29.4 Å². The third-order valence-electron chi connectivity index (χ3n) is 12.0. The first kappa shape index (κ1) is 35.3. The number of hydrogen-bond acceptors (Lipinski definition) is 12. The van der Waals surface area contributed by atoms with Gasteiger partial charge in [-0.05, 0) is 66.4 Å². The molecule has 4 aliphatic rings. The average molecular weight is 764 g/mol. The second-order valence-corrected chi connectivity index (χ2v) is 15.6. The van der Waals surface area contributed by atoms with Crippen molar-refractivity contribution >= 4 is 56.6 Å². The summed E-state index contributed by atoms with van der Waals surface area (Å²) in [5, 5.41) is 16.0. The van der Waals surface area contributed by atoms with Crippen LogP contribution in [-0.2, 0) is 23.2 Å². The summed E-state index contributed by atoms with van der Waals surface area (Å²) < 4.78 is 7.58. The highest BCUT2D eigenvalue weighted by Crippen LogP contribution is 2.37. The largest absolute Gasteiger partial charge is 0.474 e. The number of aryl methyl sites for hydroxylation is 1. The predicted octanol–water partition coefficient (Wildman–Crippen LogP) is 4.96. The van der Waals surface area contributed by atoms with E-state index in [0.717, 1.165) is 108 Å². The molecule has 3 fully saturated rings. The first-order valence-corrected chi connectivity index (χ1v) is 19.8. The summed E-state index contributed by atoms with van der Waals surface area (Å²) in [5.41, 5.74) is 10.2. The van der Waals surface area contributed by atoms with Gasteiger partial charge in [0, 0.05) is 112 Å². The lowest BCUT2D eigenvalue weighted by Gasteiger charge is -2.48. The molecule has 57 heavy (non-hydrogen) atoms. The minimum Gasteiger partial charge on any atom is -0.474 e. The van der Waals surface area contributed by atoms with Crippen LogP contribution in [-0.4, -0.2) is 105 Å². The molecule has 3 N–H and O–H groups in total. The number of ether oxygens (including phenoxy) is 1. The molecule has 3 aromatic carbocycles. The summed E-state index contributed by atoms with van der Waals surface area (Å²) >= 11 is 0. The van der Waals surface area contributed by atoms with Gasteiger partial charge in [0.1, 0.15) is 12.3 Å². The van der Waals surface area contributed by atoms with Gasteiger partial charge < -0.3 is 20.3 Å². The molecule has 4 aliphatic heterocycles. The number of likely N-dealkylation sites (tertiary alicyclic amines) is 1. The van der Waals surface area contributed by atoms with Gasteiger partial charge in [-0.1, -0.05) is 24.3 Å². The smallest absolute Gasteiger partial charge is 0.237 e. The molecular formula is C43H45N11O3. The molecule has 0 saturated carbocycles. The molecule has 6 aromatic rings. The number of anilines is 4. The van der Waals surface area contributed by atoms with Crippen LogP contribution in [0.1, 0.15) is 35.6 Å². The highest BCUT2D eigenvalue weighted by molar-refractivity contribution is 6.02. The van der Waals surface area contributed by atoms with Gasteiger partial charge in [0.25, 0.3) is 0 Å². The van der Waals surface area contributed by atoms with Gasteiger partial charge in [0.15, 0.2) is 0 Å². The van der Waals surface area contributed by atoms with E-state index in [9.17, 15) is 9.59 Å². The van der Waals surface area contributed by atoms with Crippen molar-refractivity contribution in [1.29, 1.82) is 0 Å². The van der Waals surface area contributed by atoms with E-state index in [2.05, 4.69) is 108 Å². The number of carbonyl (C=O) groups is 2. The molecule has 1 atom stereocenters. The lowest BCUT2D eigenvalue weighted by molar-refractivity contribution is -0.134. The number of carbonyl (C=O) groups excluding carboxylic acids is 2. The number of piperidine rings is 1. The van der Waals surface area contributed by atoms with Crippen molar-refractivity contribution in [2.75, 3.05) is 68.0 Å². The van der Waals surface area contributed by atoms with Crippen molar-refractivity contribution in [3.8, 4) is 17.0 Å². The Balaban J connectivity index is 0.717. The third kappa shape index (κ3) is 6.78. The van der Waals surface area contributed by atoms with Crippen molar-refractivity contribution in [2.45, 2.75) is 38.3 Å². The molecule has 10 rings (SSSR count). The van der Waals surface area contributed by atoms with Gasteiger partial charge in [0.05, 0.1) is 22.6 Å². The minimum absolute atomic E-state index is 0.208. The van der Waals surface area contributed by atoms with Crippen molar-refractivity contribution in [2.24, 2.45) is 7.05 Å². The number of pyridine rings is 1. The Bertz CT molecular complexity index is 2520. The molecular weight excluding hydrogens is 719 g/mol. The molecule has 0 aliphatic carbocycles. The Morgan fingerprint density at radius 1 is 0.947 bits per heavy atom. The molecule has 0 radical (unpaired) electrons. The van der Waals surface area contributed by atoms with Crippen molar-refractivity contribution < 1.29 is 14.3 Å². The fraction of sp³-hybridized carbons (Fsp3) is 0.349. The van der Waals surface area contributed by atoms with Crippen molar-refractivity contribution in [3.63, 3.8) is 0 Å². The molecule has 7 heterocycles. The lowest BCUT2D eigenvalue weighted by Crippen LogP contribution is -2.62. The molecule has 3 aromatic heterocycles. The SMILES string of the molecule is Cc1c(-c2ccc3cnc(Nc4ccc(CN5CC(N6CCN(c7ccc8c(C9CCC(=O)NC9=O)nn(C)c8c7)CC6)C5)cc4)nc3c2)cnc2c1NCCO2. The average Bonchev–Trinajstić information content (AvgIpc) is 3.54. The number of nitrogens with one attached hydrogen (secondary N) is 3. The summed E-state index contributed by atoms with van der Waals surface area (Å²) in [4.78, 5) is 45.8. The van der Waals surface area contributed by atoms with E-state index in [-0.39, 0.29) is 11.8 Å². The fourth-order valence-corrected chi connectivity index (χ4v) is 8.77. The number of amides is 2. The van der Waals surface area contributed by atoms with Crippen LogP contribution in [0, 0.1) is 6.92 Å². The maximum absolute atomic E-state index is 12.6. The van der Waals surface area contributed by atoms with E-state index in [1.54, 1.807) is 0 Å². The van der Waals surface area contributed by atoms with Crippen LogP contribution in [0.2, 0.25) is 0 Å². The Kier molecular flexibility index (Phi) is 8.94. The zero-order valence-electron chi connectivity index (χ0n) is 32.2.